The second-order valence-electron chi connectivity index (χ2n) is 6.10. The molecule has 0 radical (unpaired) electrons. The zero-order chi connectivity index (χ0) is 14.1. The van der Waals surface area contributed by atoms with Gasteiger partial charge in [0.05, 0.1) is 18.8 Å². The number of ether oxygens (including phenoxy) is 1. The maximum Gasteiger partial charge on any atom is 0.152 e. The predicted molar refractivity (Wildman–Crippen MR) is 79.5 cm³/mol. The van der Waals surface area contributed by atoms with E-state index in [2.05, 4.69) is 25.7 Å². The smallest absolute Gasteiger partial charge is 0.152 e. The molecule has 1 aliphatic heterocycles. The van der Waals surface area contributed by atoms with E-state index in [-0.39, 0.29) is 5.54 Å². The van der Waals surface area contributed by atoms with Gasteiger partial charge in [-0.2, -0.15) is 0 Å². The summed E-state index contributed by atoms with van der Waals surface area (Å²) in [6, 6.07) is 0. The van der Waals surface area contributed by atoms with Gasteiger partial charge in [-0.05, 0) is 20.3 Å². The van der Waals surface area contributed by atoms with E-state index in [1.165, 1.54) is 32.1 Å². The van der Waals surface area contributed by atoms with Crippen LogP contribution in [-0.2, 0) is 9.53 Å². The molecule has 3 nitrogen and oxygen atoms in total. The van der Waals surface area contributed by atoms with Crippen molar-refractivity contribution in [1.29, 1.82) is 0 Å². The number of morpholine rings is 1. The van der Waals surface area contributed by atoms with E-state index in [1.807, 2.05) is 0 Å². The Hall–Kier alpha value is -0.410. The average molecular weight is 269 g/mol. The van der Waals surface area contributed by atoms with Crippen LogP contribution in [-0.4, -0.2) is 42.5 Å². The van der Waals surface area contributed by atoms with Gasteiger partial charge in [0.15, 0.2) is 5.78 Å². The van der Waals surface area contributed by atoms with Gasteiger partial charge >= 0.3 is 0 Å². The first-order valence-corrected chi connectivity index (χ1v) is 7.95. The lowest BCUT2D eigenvalue weighted by molar-refractivity contribution is -0.132. The normalized spacial score (nSPS) is 17.6. The SMILES string of the molecule is CCCCCCCCC(=O)C(C)(C)N1CCOCC1. The number of unbranched alkanes of at least 4 members (excludes halogenated alkanes) is 5. The number of hydrogen-bond acceptors (Lipinski definition) is 3. The molecule has 19 heavy (non-hydrogen) atoms. The van der Waals surface area contributed by atoms with Crippen LogP contribution in [0.4, 0.5) is 0 Å². The van der Waals surface area contributed by atoms with Gasteiger partial charge in [-0.1, -0.05) is 39.0 Å². The van der Waals surface area contributed by atoms with Crippen molar-refractivity contribution in [2.24, 2.45) is 0 Å². The Morgan fingerprint density at radius 1 is 1.05 bits per heavy atom. The second kappa shape index (κ2) is 8.70. The largest absolute Gasteiger partial charge is 0.379 e. The molecule has 1 saturated heterocycles. The lowest BCUT2D eigenvalue weighted by Gasteiger charge is -2.39. The second-order valence-corrected chi connectivity index (χ2v) is 6.10. The van der Waals surface area contributed by atoms with Crippen molar-refractivity contribution >= 4 is 5.78 Å². The van der Waals surface area contributed by atoms with Crippen molar-refractivity contribution in [3.05, 3.63) is 0 Å². The summed E-state index contributed by atoms with van der Waals surface area (Å²) in [4.78, 5) is 14.6. The number of rotatable bonds is 9. The highest BCUT2D eigenvalue weighted by Crippen LogP contribution is 2.20. The Morgan fingerprint density at radius 2 is 1.63 bits per heavy atom. The van der Waals surface area contributed by atoms with Crippen LogP contribution < -0.4 is 0 Å². The molecular formula is C16H31NO2. The monoisotopic (exact) mass is 269 g/mol. The minimum absolute atomic E-state index is 0.312. The summed E-state index contributed by atoms with van der Waals surface area (Å²) in [5.41, 5.74) is -0.312. The van der Waals surface area contributed by atoms with E-state index >= 15 is 0 Å². The number of Topliss-reactive ketones (excluding diaryl/α,β-unsaturated/α-hetero) is 1. The van der Waals surface area contributed by atoms with Crippen molar-refractivity contribution < 1.29 is 9.53 Å². The highest BCUT2D eigenvalue weighted by atomic mass is 16.5. The minimum atomic E-state index is -0.312. The highest BCUT2D eigenvalue weighted by molar-refractivity contribution is 5.87. The number of carbonyl (C=O) groups excluding carboxylic acids is 1. The molecular weight excluding hydrogens is 238 g/mol. The first kappa shape index (κ1) is 16.6. The van der Waals surface area contributed by atoms with Crippen molar-refractivity contribution in [2.45, 2.75) is 71.3 Å². The van der Waals surface area contributed by atoms with Crippen LogP contribution in [0.5, 0.6) is 0 Å². The van der Waals surface area contributed by atoms with Crippen molar-refractivity contribution in [2.75, 3.05) is 26.3 Å². The molecule has 0 saturated carbocycles. The maximum absolute atomic E-state index is 12.4. The molecule has 0 unspecified atom stereocenters. The quantitative estimate of drug-likeness (QED) is 0.601. The van der Waals surface area contributed by atoms with Crippen molar-refractivity contribution in [3.63, 3.8) is 0 Å². The molecule has 0 bridgehead atoms. The molecule has 0 amide bonds. The fourth-order valence-corrected chi connectivity index (χ4v) is 2.67. The summed E-state index contributed by atoms with van der Waals surface area (Å²) < 4.78 is 5.36. The Morgan fingerprint density at radius 3 is 2.26 bits per heavy atom. The number of carbonyl (C=O) groups is 1. The lowest BCUT2D eigenvalue weighted by Crippen LogP contribution is -2.54. The van der Waals surface area contributed by atoms with Crippen LogP contribution in [0.1, 0.15) is 65.7 Å². The van der Waals surface area contributed by atoms with Crippen LogP contribution in [0.15, 0.2) is 0 Å². The molecule has 1 heterocycles. The van der Waals surface area contributed by atoms with Gasteiger partial charge < -0.3 is 4.74 Å². The van der Waals surface area contributed by atoms with Crippen LogP contribution in [0.2, 0.25) is 0 Å². The minimum Gasteiger partial charge on any atom is -0.379 e. The van der Waals surface area contributed by atoms with Crippen LogP contribution >= 0.6 is 0 Å². The van der Waals surface area contributed by atoms with Gasteiger partial charge in [0.25, 0.3) is 0 Å². The zero-order valence-electron chi connectivity index (χ0n) is 13.0. The Bertz CT molecular complexity index is 257. The van der Waals surface area contributed by atoms with Crippen LogP contribution in [0.3, 0.4) is 0 Å². The number of ketones is 1. The molecule has 0 spiro atoms. The van der Waals surface area contributed by atoms with Gasteiger partial charge in [-0.15, -0.1) is 0 Å². The molecule has 1 fully saturated rings. The topological polar surface area (TPSA) is 29.5 Å². The van der Waals surface area contributed by atoms with E-state index in [0.717, 1.165) is 39.1 Å². The Balaban J connectivity index is 2.22. The molecule has 1 rings (SSSR count). The summed E-state index contributed by atoms with van der Waals surface area (Å²) in [7, 11) is 0. The molecule has 0 atom stereocenters. The van der Waals surface area contributed by atoms with Crippen LogP contribution in [0.25, 0.3) is 0 Å². The molecule has 1 aliphatic rings. The van der Waals surface area contributed by atoms with Gasteiger partial charge in [0.1, 0.15) is 0 Å². The van der Waals surface area contributed by atoms with Gasteiger partial charge in [0, 0.05) is 19.5 Å². The fraction of sp³-hybridized carbons (Fsp3) is 0.938. The molecule has 0 aromatic carbocycles. The Kier molecular flexibility index (Phi) is 7.62. The highest BCUT2D eigenvalue weighted by Gasteiger charge is 2.34. The van der Waals surface area contributed by atoms with E-state index in [4.69, 9.17) is 4.74 Å². The fourth-order valence-electron chi connectivity index (χ4n) is 2.67. The van der Waals surface area contributed by atoms with Crippen LogP contribution in [0, 0.1) is 0 Å². The van der Waals surface area contributed by atoms with E-state index in [0.29, 0.717) is 5.78 Å². The lowest BCUT2D eigenvalue weighted by atomic mass is 9.92. The number of nitrogens with zero attached hydrogens (tertiary/aromatic N) is 1. The van der Waals surface area contributed by atoms with E-state index < -0.39 is 0 Å². The summed E-state index contributed by atoms with van der Waals surface area (Å²) in [6.45, 7) is 9.65. The third-order valence-corrected chi connectivity index (χ3v) is 4.24. The summed E-state index contributed by atoms with van der Waals surface area (Å²) in [6.07, 6.45) is 8.19. The standard InChI is InChI=1S/C16H31NO2/c1-4-5-6-7-8-9-10-15(18)16(2,3)17-11-13-19-14-12-17/h4-14H2,1-3H3. The third kappa shape index (κ3) is 5.62. The van der Waals surface area contributed by atoms with Gasteiger partial charge in [0.2, 0.25) is 0 Å². The summed E-state index contributed by atoms with van der Waals surface area (Å²) >= 11 is 0. The Labute approximate surface area is 118 Å². The van der Waals surface area contributed by atoms with Gasteiger partial charge in [-0.3, -0.25) is 9.69 Å². The first-order chi connectivity index (χ1) is 9.09. The molecule has 0 aliphatic carbocycles. The first-order valence-electron chi connectivity index (χ1n) is 7.95. The zero-order valence-corrected chi connectivity index (χ0v) is 13.0. The van der Waals surface area contributed by atoms with E-state index in [1.54, 1.807) is 0 Å². The maximum atomic E-state index is 12.4. The molecule has 112 valence electrons. The number of hydrogen-bond donors (Lipinski definition) is 0. The predicted octanol–water partition coefficient (Wildman–Crippen LogP) is 3.42. The summed E-state index contributed by atoms with van der Waals surface area (Å²) in [5, 5.41) is 0. The average Bonchev–Trinajstić information content (AvgIpc) is 2.43. The molecule has 0 aromatic rings. The van der Waals surface area contributed by atoms with Crippen molar-refractivity contribution in [1.82, 2.24) is 4.90 Å². The molecule has 0 N–H and O–H groups in total. The van der Waals surface area contributed by atoms with Crippen molar-refractivity contribution in [3.8, 4) is 0 Å². The van der Waals surface area contributed by atoms with E-state index in [9.17, 15) is 4.79 Å². The summed E-state index contributed by atoms with van der Waals surface area (Å²) in [5.74, 6) is 0.393. The molecule has 3 heteroatoms. The van der Waals surface area contributed by atoms with Gasteiger partial charge in [-0.25, -0.2) is 0 Å². The molecule has 0 aromatic heterocycles. The third-order valence-electron chi connectivity index (χ3n) is 4.24.